The van der Waals surface area contributed by atoms with Crippen molar-refractivity contribution >= 4 is 21.6 Å². The fourth-order valence-corrected chi connectivity index (χ4v) is 2.11. The number of nitrogens with one attached hydrogen (secondary N) is 3. The number of alkyl halides is 3. The quantitative estimate of drug-likeness (QED) is 0.737. The smallest absolute Gasteiger partial charge is 0.327 e. The fourth-order valence-electron chi connectivity index (χ4n) is 1.36. The highest BCUT2D eigenvalue weighted by Gasteiger charge is 2.31. The lowest BCUT2D eigenvalue weighted by molar-refractivity contribution is -0.137. The summed E-state index contributed by atoms with van der Waals surface area (Å²) in [5.41, 5.74) is -2.72. The third kappa shape index (κ3) is 5.19. The van der Waals surface area contributed by atoms with Crippen LogP contribution in [-0.4, -0.2) is 31.6 Å². The first-order chi connectivity index (χ1) is 9.40. The molecule has 0 aliphatic heterocycles. The summed E-state index contributed by atoms with van der Waals surface area (Å²) in [6.07, 6.45) is -3.41. The van der Waals surface area contributed by atoms with Crippen LogP contribution in [0.25, 0.3) is 0 Å². The number of pyridine rings is 1. The first-order valence-electron chi connectivity index (χ1n) is 5.48. The zero-order valence-electron chi connectivity index (χ0n) is 10.9. The standard InChI is InChI=1S/C10H12F3N3O4S/c1-5(16-21(2,19)20)8(17)15-7-3-6(10(11,12)13)4-14-9(7)18/h3-5,16H,1-2H3,(H,14,18)(H,15,17). The lowest BCUT2D eigenvalue weighted by Crippen LogP contribution is -2.41. The highest BCUT2D eigenvalue weighted by molar-refractivity contribution is 7.88. The Morgan fingerprint density at radius 1 is 1.38 bits per heavy atom. The van der Waals surface area contributed by atoms with Gasteiger partial charge >= 0.3 is 6.18 Å². The number of carbonyl (C=O) groups excluding carboxylic acids is 1. The number of rotatable bonds is 4. The van der Waals surface area contributed by atoms with Crippen molar-refractivity contribution in [1.82, 2.24) is 9.71 Å². The van der Waals surface area contributed by atoms with Gasteiger partial charge in [0.25, 0.3) is 5.56 Å². The maximum absolute atomic E-state index is 12.5. The number of H-pyrrole nitrogens is 1. The zero-order valence-corrected chi connectivity index (χ0v) is 11.7. The highest BCUT2D eigenvalue weighted by atomic mass is 32.2. The minimum Gasteiger partial charge on any atom is -0.327 e. The summed E-state index contributed by atoms with van der Waals surface area (Å²) < 4.78 is 61.3. The van der Waals surface area contributed by atoms with E-state index in [1.807, 2.05) is 15.0 Å². The molecule has 0 aliphatic rings. The summed E-state index contributed by atoms with van der Waals surface area (Å²) >= 11 is 0. The number of sulfonamides is 1. The summed E-state index contributed by atoms with van der Waals surface area (Å²) in [5.74, 6) is -0.967. The Kier molecular flexibility index (Phi) is 4.79. The van der Waals surface area contributed by atoms with E-state index in [0.29, 0.717) is 12.3 Å². The molecule has 1 heterocycles. The molecule has 1 unspecified atom stereocenters. The van der Waals surface area contributed by atoms with Gasteiger partial charge in [0.15, 0.2) is 0 Å². The zero-order chi connectivity index (χ0) is 16.4. The fraction of sp³-hybridized carbons (Fsp3) is 0.400. The summed E-state index contributed by atoms with van der Waals surface area (Å²) in [6.45, 7) is 1.18. The molecule has 1 rings (SSSR count). The number of hydrogen-bond donors (Lipinski definition) is 3. The van der Waals surface area contributed by atoms with Crippen molar-refractivity contribution in [2.75, 3.05) is 11.6 Å². The highest BCUT2D eigenvalue weighted by Crippen LogP contribution is 2.29. The van der Waals surface area contributed by atoms with Crippen molar-refractivity contribution in [2.45, 2.75) is 19.1 Å². The van der Waals surface area contributed by atoms with Crippen LogP contribution < -0.4 is 15.6 Å². The monoisotopic (exact) mass is 327 g/mol. The van der Waals surface area contributed by atoms with Crippen LogP contribution >= 0.6 is 0 Å². The molecule has 0 saturated carbocycles. The van der Waals surface area contributed by atoms with Crippen molar-refractivity contribution in [3.05, 3.63) is 28.2 Å². The molecule has 0 saturated heterocycles. The van der Waals surface area contributed by atoms with Crippen LogP contribution in [0.2, 0.25) is 0 Å². The molecule has 0 aromatic carbocycles. The molecule has 0 bridgehead atoms. The Labute approximate surface area is 117 Å². The van der Waals surface area contributed by atoms with Crippen LogP contribution in [0.1, 0.15) is 12.5 Å². The molecule has 0 fully saturated rings. The van der Waals surface area contributed by atoms with E-state index in [1.54, 1.807) is 0 Å². The van der Waals surface area contributed by atoms with Gasteiger partial charge in [-0.15, -0.1) is 0 Å². The Hall–Kier alpha value is -1.88. The van der Waals surface area contributed by atoms with Gasteiger partial charge in [0.05, 0.1) is 17.9 Å². The summed E-state index contributed by atoms with van der Waals surface area (Å²) in [4.78, 5) is 24.8. The molecule has 1 aromatic heterocycles. The van der Waals surface area contributed by atoms with Crippen molar-refractivity contribution < 1.29 is 26.4 Å². The van der Waals surface area contributed by atoms with Crippen LogP contribution in [0.15, 0.2) is 17.1 Å². The number of anilines is 1. The molecule has 7 nitrogen and oxygen atoms in total. The molecule has 0 radical (unpaired) electrons. The first kappa shape index (κ1) is 17.2. The van der Waals surface area contributed by atoms with Crippen molar-refractivity contribution in [3.63, 3.8) is 0 Å². The van der Waals surface area contributed by atoms with E-state index in [1.165, 1.54) is 6.92 Å². The van der Waals surface area contributed by atoms with Gasteiger partial charge < -0.3 is 10.3 Å². The maximum atomic E-state index is 12.5. The van der Waals surface area contributed by atoms with Gasteiger partial charge in [0, 0.05) is 6.20 Å². The second kappa shape index (κ2) is 5.85. The number of carbonyl (C=O) groups is 1. The maximum Gasteiger partial charge on any atom is 0.417 e. The molecule has 0 aliphatic carbocycles. The molecule has 118 valence electrons. The normalized spacial score (nSPS) is 13.8. The second-order valence-electron chi connectivity index (χ2n) is 4.23. The molecule has 11 heteroatoms. The van der Waals surface area contributed by atoms with Gasteiger partial charge in [0.1, 0.15) is 5.69 Å². The van der Waals surface area contributed by atoms with E-state index in [0.717, 1.165) is 6.26 Å². The molecule has 21 heavy (non-hydrogen) atoms. The predicted molar refractivity (Wildman–Crippen MR) is 68.1 cm³/mol. The van der Waals surface area contributed by atoms with Gasteiger partial charge in [-0.05, 0) is 13.0 Å². The van der Waals surface area contributed by atoms with Crippen LogP contribution in [0, 0.1) is 0 Å². The Morgan fingerprint density at radius 3 is 2.43 bits per heavy atom. The summed E-state index contributed by atoms with van der Waals surface area (Å²) in [7, 11) is -3.68. The Balaban J connectivity index is 2.98. The van der Waals surface area contributed by atoms with Gasteiger partial charge in [-0.3, -0.25) is 9.59 Å². The molecular weight excluding hydrogens is 315 g/mol. The summed E-state index contributed by atoms with van der Waals surface area (Å²) in [6, 6.07) is -0.793. The van der Waals surface area contributed by atoms with Crippen molar-refractivity contribution in [3.8, 4) is 0 Å². The van der Waals surface area contributed by atoms with Crippen LogP contribution in [0.4, 0.5) is 18.9 Å². The van der Waals surface area contributed by atoms with Crippen molar-refractivity contribution in [2.24, 2.45) is 0 Å². The van der Waals surface area contributed by atoms with Crippen LogP contribution in [-0.2, 0) is 21.0 Å². The SMILES string of the molecule is CC(NS(C)(=O)=O)C(=O)Nc1cc(C(F)(F)F)c[nH]c1=O. The predicted octanol–water partition coefficient (Wildman–Crippen LogP) is 0.270. The topological polar surface area (TPSA) is 108 Å². The lowest BCUT2D eigenvalue weighted by Gasteiger charge is -2.13. The second-order valence-corrected chi connectivity index (χ2v) is 6.01. The number of amides is 1. The molecule has 1 amide bonds. The minimum atomic E-state index is -4.69. The molecule has 3 N–H and O–H groups in total. The van der Waals surface area contributed by atoms with Gasteiger partial charge in [0.2, 0.25) is 15.9 Å². The van der Waals surface area contributed by atoms with Crippen LogP contribution in [0.3, 0.4) is 0 Å². The van der Waals surface area contributed by atoms with Gasteiger partial charge in [-0.25, -0.2) is 13.1 Å². The number of aromatic amines is 1. The average molecular weight is 327 g/mol. The average Bonchev–Trinajstić information content (AvgIpc) is 2.28. The molecular formula is C10H12F3N3O4S. The Morgan fingerprint density at radius 2 is 1.95 bits per heavy atom. The van der Waals surface area contributed by atoms with E-state index >= 15 is 0 Å². The van der Waals surface area contributed by atoms with E-state index in [9.17, 15) is 31.2 Å². The van der Waals surface area contributed by atoms with Crippen molar-refractivity contribution in [1.29, 1.82) is 0 Å². The van der Waals surface area contributed by atoms with Gasteiger partial charge in [-0.2, -0.15) is 13.2 Å². The first-order valence-corrected chi connectivity index (χ1v) is 7.37. The molecule has 1 aromatic rings. The number of aromatic nitrogens is 1. The van der Waals surface area contributed by atoms with E-state index in [2.05, 4.69) is 0 Å². The van der Waals surface area contributed by atoms with Crippen LogP contribution in [0.5, 0.6) is 0 Å². The largest absolute Gasteiger partial charge is 0.417 e. The van der Waals surface area contributed by atoms with E-state index in [4.69, 9.17) is 0 Å². The van der Waals surface area contributed by atoms with E-state index < -0.39 is 45.0 Å². The molecule has 0 spiro atoms. The van der Waals surface area contributed by atoms with E-state index in [-0.39, 0.29) is 0 Å². The lowest BCUT2D eigenvalue weighted by atomic mass is 10.2. The summed E-state index contributed by atoms with van der Waals surface area (Å²) in [5, 5.41) is 1.94. The Bertz CT molecular complexity index is 696. The number of halogens is 3. The third-order valence-electron chi connectivity index (χ3n) is 2.27. The molecule has 1 atom stereocenters. The van der Waals surface area contributed by atoms with Gasteiger partial charge in [-0.1, -0.05) is 0 Å². The third-order valence-corrected chi connectivity index (χ3v) is 3.05. The number of hydrogen-bond acceptors (Lipinski definition) is 4. The minimum absolute atomic E-state index is 0.462.